The first-order chi connectivity index (χ1) is 14.3. The zero-order chi connectivity index (χ0) is 19.9. The lowest BCUT2D eigenvalue weighted by Crippen LogP contribution is -2.31. The van der Waals surface area contributed by atoms with E-state index in [-0.39, 0.29) is 19.0 Å². The van der Waals surface area contributed by atoms with Gasteiger partial charge in [0.2, 0.25) is 0 Å². The van der Waals surface area contributed by atoms with Crippen LogP contribution in [0.25, 0.3) is 0 Å². The number of likely N-dealkylation sites (tertiary alicyclic amines) is 1. The number of para-hydroxylation sites is 1. The summed E-state index contributed by atoms with van der Waals surface area (Å²) < 4.78 is 11.2. The van der Waals surface area contributed by atoms with Crippen LogP contribution in [-0.4, -0.2) is 55.4 Å². The molecule has 0 radical (unpaired) electrons. The molecule has 30 heavy (non-hydrogen) atoms. The van der Waals surface area contributed by atoms with Crippen LogP contribution in [0, 0.1) is 0 Å². The van der Waals surface area contributed by atoms with Crippen molar-refractivity contribution in [2.24, 2.45) is 0 Å². The third kappa shape index (κ3) is 5.66. The van der Waals surface area contributed by atoms with Gasteiger partial charge in [-0.05, 0) is 56.6 Å². The lowest BCUT2D eigenvalue weighted by Gasteiger charge is -2.28. The fourth-order valence-corrected chi connectivity index (χ4v) is 4.73. The zero-order valence-electron chi connectivity index (χ0n) is 17.0. The van der Waals surface area contributed by atoms with Gasteiger partial charge in [0.05, 0.1) is 17.2 Å². The number of aromatic nitrogens is 1. The molecule has 0 atom stereocenters. The molecular formula is C22H28ClN3O3S. The lowest BCUT2D eigenvalue weighted by atomic mass is 10.1. The fraction of sp³-hybridized carbons (Fsp3) is 0.455. The molecular weight excluding hydrogens is 422 g/mol. The van der Waals surface area contributed by atoms with Crippen LogP contribution in [0.2, 0.25) is 0 Å². The topological polar surface area (TPSA) is 54.9 Å². The molecule has 2 aliphatic heterocycles. The number of benzene rings is 1. The summed E-state index contributed by atoms with van der Waals surface area (Å²) in [6, 6.07) is 11.6. The molecule has 0 bridgehead atoms. The summed E-state index contributed by atoms with van der Waals surface area (Å²) in [6.45, 7) is 4.85. The maximum absolute atomic E-state index is 12.8. The van der Waals surface area contributed by atoms with E-state index in [1.54, 1.807) is 22.9 Å². The Hall–Kier alpha value is -1.80. The Bertz CT molecular complexity index is 787. The van der Waals surface area contributed by atoms with Gasteiger partial charge in [0, 0.05) is 24.2 Å². The average molecular weight is 450 g/mol. The van der Waals surface area contributed by atoms with Gasteiger partial charge >= 0.3 is 6.09 Å². The number of pyridine rings is 1. The van der Waals surface area contributed by atoms with Crippen molar-refractivity contribution < 1.29 is 14.3 Å². The minimum atomic E-state index is -0.422. The van der Waals surface area contributed by atoms with Crippen LogP contribution in [0.4, 0.5) is 16.3 Å². The van der Waals surface area contributed by atoms with E-state index in [1.807, 2.05) is 36.4 Å². The van der Waals surface area contributed by atoms with E-state index in [9.17, 15) is 4.79 Å². The van der Waals surface area contributed by atoms with Gasteiger partial charge < -0.3 is 14.4 Å². The Labute approximate surface area is 188 Å². The van der Waals surface area contributed by atoms with Crippen LogP contribution in [0.15, 0.2) is 52.4 Å². The van der Waals surface area contributed by atoms with Gasteiger partial charge in [-0.1, -0.05) is 30.3 Å². The van der Waals surface area contributed by atoms with Crippen LogP contribution < -0.4 is 4.90 Å². The summed E-state index contributed by atoms with van der Waals surface area (Å²) in [5, 5.41) is 0. The summed E-state index contributed by atoms with van der Waals surface area (Å²) in [7, 11) is 0. The Morgan fingerprint density at radius 3 is 2.67 bits per heavy atom. The number of nitrogens with zero attached hydrogens (tertiary/aromatic N) is 3. The number of ether oxygens (including phenoxy) is 2. The zero-order valence-corrected chi connectivity index (χ0v) is 18.6. The van der Waals surface area contributed by atoms with Crippen molar-refractivity contribution in [3.05, 3.63) is 42.6 Å². The first-order valence-corrected chi connectivity index (χ1v) is 11.1. The second-order valence-electron chi connectivity index (χ2n) is 7.21. The van der Waals surface area contributed by atoms with Gasteiger partial charge in [0.25, 0.3) is 0 Å². The predicted molar refractivity (Wildman–Crippen MR) is 121 cm³/mol. The largest absolute Gasteiger partial charge is 0.446 e. The van der Waals surface area contributed by atoms with Crippen LogP contribution in [0.3, 0.4) is 0 Å². The van der Waals surface area contributed by atoms with E-state index in [4.69, 9.17) is 9.47 Å². The van der Waals surface area contributed by atoms with E-state index in [1.165, 1.54) is 32.4 Å². The number of carbonyl (C=O) groups is 1. The highest BCUT2D eigenvalue weighted by molar-refractivity contribution is 7.99. The number of rotatable bonds is 7. The van der Waals surface area contributed by atoms with Crippen LogP contribution in [0.1, 0.15) is 25.7 Å². The minimum Gasteiger partial charge on any atom is -0.446 e. The van der Waals surface area contributed by atoms with Crippen molar-refractivity contribution in [3.63, 3.8) is 0 Å². The highest BCUT2D eigenvalue weighted by atomic mass is 35.5. The Morgan fingerprint density at radius 1 is 1.00 bits per heavy atom. The molecule has 2 aromatic rings. The van der Waals surface area contributed by atoms with Gasteiger partial charge in [-0.2, -0.15) is 0 Å². The molecule has 0 saturated carbocycles. The van der Waals surface area contributed by atoms with Crippen molar-refractivity contribution in [1.82, 2.24) is 9.88 Å². The second-order valence-corrected chi connectivity index (χ2v) is 8.30. The average Bonchev–Trinajstić information content (AvgIpc) is 2.77. The summed E-state index contributed by atoms with van der Waals surface area (Å²) in [6.07, 6.45) is 6.27. The van der Waals surface area contributed by atoms with Crippen molar-refractivity contribution in [3.8, 4) is 0 Å². The van der Waals surface area contributed by atoms with Gasteiger partial charge in [0.1, 0.15) is 6.61 Å². The maximum atomic E-state index is 12.8. The normalized spacial score (nSPS) is 15.7. The van der Waals surface area contributed by atoms with Crippen LogP contribution in [-0.2, 0) is 9.47 Å². The number of amides is 1. The third-order valence-electron chi connectivity index (χ3n) is 5.14. The Kier molecular flexibility index (Phi) is 8.81. The minimum absolute atomic E-state index is 0. The molecule has 0 N–H and O–H groups in total. The molecule has 2 aliphatic rings. The van der Waals surface area contributed by atoms with E-state index < -0.39 is 6.09 Å². The predicted octanol–water partition coefficient (Wildman–Crippen LogP) is 5.14. The van der Waals surface area contributed by atoms with E-state index in [0.717, 1.165) is 28.4 Å². The third-order valence-corrected chi connectivity index (χ3v) is 6.24. The maximum Gasteiger partial charge on any atom is 0.420 e. The van der Waals surface area contributed by atoms with Crippen molar-refractivity contribution in [2.45, 2.75) is 35.5 Å². The number of hydrogen-bond acceptors (Lipinski definition) is 6. The van der Waals surface area contributed by atoms with E-state index in [0.29, 0.717) is 19.0 Å². The Morgan fingerprint density at radius 2 is 1.80 bits per heavy atom. The molecule has 1 aromatic carbocycles. The van der Waals surface area contributed by atoms with Crippen LogP contribution >= 0.6 is 24.2 Å². The number of piperidine rings is 1. The number of hydrogen-bond donors (Lipinski definition) is 0. The number of anilines is 2. The number of fused-ring (bicyclic) bond motifs is 2. The van der Waals surface area contributed by atoms with E-state index >= 15 is 0 Å². The second kappa shape index (κ2) is 11.6. The van der Waals surface area contributed by atoms with Gasteiger partial charge in [-0.25, -0.2) is 14.7 Å². The molecule has 0 spiro atoms. The summed E-state index contributed by atoms with van der Waals surface area (Å²) >= 11 is 1.61. The summed E-state index contributed by atoms with van der Waals surface area (Å²) in [5.74, 6) is 0.614. The van der Waals surface area contributed by atoms with Crippen molar-refractivity contribution >= 4 is 41.8 Å². The molecule has 6 nitrogen and oxygen atoms in total. The molecule has 4 rings (SSSR count). The first kappa shape index (κ1) is 22.9. The molecule has 1 fully saturated rings. The number of halogens is 1. The number of carbonyl (C=O) groups excluding carboxylic acids is 1. The Balaban J connectivity index is 0.00000256. The fourth-order valence-electron chi connectivity index (χ4n) is 3.70. The summed E-state index contributed by atoms with van der Waals surface area (Å²) in [4.78, 5) is 23.2. The van der Waals surface area contributed by atoms with Gasteiger partial charge in [0.15, 0.2) is 5.82 Å². The van der Waals surface area contributed by atoms with Crippen molar-refractivity contribution in [1.29, 1.82) is 0 Å². The molecule has 0 aliphatic carbocycles. The molecule has 1 amide bonds. The van der Waals surface area contributed by atoms with E-state index in [2.05, 4.69) is 9.88 Å². The SMILES string of the molecule is Cl.O=C(OCCOCCCN1CCCCC1)N1c2ccccc2Sc2cccnc21. The molecule has 1 saturated heterocycles. The molecule has 0 unspecified atom stereocenters. The summed E-state index contributed by atoms with van der Waals surface area (Å²) in [5.41, 5.74) is 0.802. The van der Waals surface area contributed by atoms with Gasteiger partial charge in [-0.3, -0.25) is 0 Å². The smallest absolute Gasteiger partial charge is 0.420 e. The van der Waals surface area contributed by atoms with Crippen LogP contribution in [0.5, 0.6) is 0 Å². The quantitative estimate of drug-likeness (QED) is 0.546. The molecule has 3 heterocycles. The molecule has 8 heteroatoms. The monoisotopic (exact) mass is 449 g/mol. The highest BCUT2D eigenvalue weighted by Crippen LogP contribution is 2.46. The first-order valence-electron chi connectivity index (χ1n) is 10.3. The lowest BCUT2D eigenvalue weighted by molar-refractivity contribution is 0.0700. The molecule has 162 valence electrons. The standard InChI is InChI=1S/C22H27N3O3S.ClH/c26-22(28-17-16-27-15-7-14-24-12-4-1-5-13-24)25-18-8-2-3-9-19(18)29-20-10-6-11-23-21(20)25;/h2-3,6,8-11H,1,4-5,7,12-17H2;1H. The van der Waals surface area contributed by atoms with Gasteiger partial charge in [-0.15, -0.1) is 12.4 Å². The molecule has 1 aromatic heterocycles. The highest BCUT2D eigenvalue weighted by Gasteiger charge is 2.30. The van der Waals surface area contributed by atoms with Crippen molar-refractivity contribution in [2.75, 3.05) is 44.4 Å².